The molecular formula is C20H21N3O5. The number of esters is 2. The Morgan fingerprint density at radius 3 is 2.25 bits per heavy atom. The van der Waals surface area contributed by atoms with Crippen LogP contribution in [0.4, 0.5) is 5.82 Å². The van der Waals surface area contributed by atoms with Crippen LogP contribution in [-0.4, -0.2) is 62.1 Å². The Hall–Kier alpha value is -3.13. The van der Waals surface area contributed by atoms with E-state index in [-0.39, 0.29) is 11.1 Å². The van der Waals surface area contributed by atoms with Crippen LogP contribution in [0, 0.1) is 6.92 Å². The fourth-order valence-corrected chi connectivity index (χ4v) is 3.75. The zero-order valence-corrected chi connectivity index (χ0v) is 16.0. The van der Waals surface area contributed by atoms with Gasteiger partial charge in [-0.25, -0.2) is 14.1 Å². The molecule has 2 aromatic heterocycles. The molecule has 146 valence electrons. The molecule has 0 aliphatic carbocycles. The zero-order valence-electron chi connectivity index (χ0n) is 16.0. The second-order valence-electron chi connectivity index (χ2n) is 6.55. The summed E-state index contributed by atoms with van der Waals surface area (Å²) < 4.78 is 17.0. The summed E-state index contributed by atoms with van der Waals surface area (Å²) >= 11 is 0. The van der Waals surface area contributed by atoms with Crippen molar-refractivity contribution < 1.29 is 23.8 Å². The van der Waals surface area contributed by atoms with E-state index in [4.69, 9.17) is 19.3 Å². The number of aromatic nitrogens is 2. The van der Waals surface area contributed by atoms with Crippen molar-refractivity contribution in [3.63, 3.8) is 0 Å². The van der Waals surface area contributed by atoms with Crippen molar-refractivity contribution in [2.24, 2.45) is 0 Å². The lowest BCUT2D eigenvalue weighted by Gasteiger charge is -2.29. The van der Waals surface area contributed by atoms with Gasteiger partial charge in [0.1, 0.15) is 5.56 Å². The van der Waals surface area contributed by atoms with E-state index in [0.717, 1.165) is 29.7 Å². The van der Waals surface area contributed by atoms with E-state index in [2.05, 4.69) is 4.90 Å². The minimum absolute atomic E-state index is 0.170. The Kier molecular flexibility index (Phi) is 4.64. The molecule has 4 rings (SSSR count). The monoisotopic (exact) mass is 383 g/mol. The van der Waals surface area contributed by atoms with Crippen LogP contribution < -0.4 is 4.90 Å². The molecule has 3 heterocycles. The van der Waals surface area contributed by atoms with Gasteiger partial charge in [-0.15, -0.1) is 5.10 Å². The minimum atomic E-state index is -0.600. The predicted octanol–water partition coefficient (Wildman–Crippen LogP) is 2.21. The van der Waals surface area contributed by atoms with Gasteiger partial charge in [0.15, 0.2) is 5.82 Å². The number of nitrogens with zero attached hydrogens (tertiary/aromatic N) is 3. The number of aryl methyl sites for hydroxylation is 1. The normalized spacial score (nSPS) is 14.5. The molecule has 8 nitrogen and oxygen atoms in total. The second-order valence-corrected chi connectivity index (χ2v) is 6.55. The maximum atomic E-state index is 12.6. The van der Waals surface area contributed by atoms with Gasteiger partial charge >= 0.3 is 11.9 Å². The lowest BCUT2D eigenvalue weighted by Crippen LogP contribution is -2.37. The molecule has 8 heteroatoms. The standard InChI is InChI=1S/C20H21N3O5/c1-12-15(19(24)26-2)16(20(25)27-3)17-13-6-4-5-7-14(13)18(21-23(12)17)22-8-10-28-11-9-22/h4-7H,8-11H2,1-3H3. The topological polar surface area (TPSA) is 82.4 Å². The van der Waals surface area contributed by atoms with Crippen molar-refractivity contribution >= 4 is 34.0 Å². The third kappa shape index (κ3) is 2.68. The van der Waals surface area contributed by atoms with Gasteiger partial charge in [-0.2, -0.15) is 0 Å². The van der Waals surface area contributed by atoms with E-state index >= 15 is 0 Å². The number of methoxy groups -OCH3 is 2. The maximum Gasteiger partial charge on any atom is 0.341 e. The number of morpholine rings is 1. The molecule has 1 saturated heterocycles. The Balaban J connectivity index is 2.12. The molecule has 28 heavy (non-hydrogen) atoms. The van der Waals surface area contributed by atoms with Gasteiger partial charge in [0, 0.05) is 23.9 Å². The van der Waals surface area contributed by atoms with Gasteiger partial charge in [-0.3, -0.25) is 0 Å². The minimum Gasteiger partial charge on any atom is -0.465 e. The van der Waals surface area contributed by atoms with Crippen LogP contribution in [-0.2, 0) is 14.2 Å². The van der Waals surface area contributed by atoms with E-state index in [1.165, 1.54) is 14.2 Å². The highest BCUT2D eigenvalue weighted by atomic mass is 16.5. The highest BCUT2D eigenvalue weighted by Gasteiger charge is 2.30. The number of rotatable bonds is 3. The average molecular weight is 383 g/mol. The van der Waals surface area contributed by atoms with Crippen LogP contribution in [0.15, 0.2) is 24.3 Å². The molecule has 0 atom stereocenters. The van der Waals surface area contributed by atoms with E-state index in [1.807, 2.05) is 24.3 Å². The van der Waals surface area contributed by atoms with Crippen LogP contribution in [0.25, 0.3) is 16.3 Å². The molecule has 0 amide bonds. The maximum absolute atomic E-state index is 12.6. The Bertz CT molecular complexity index is 1080. The van der Waals surface area contributed by atoms with Crippen LogP contribution in [0.2, 0.25) is 0 Å². The molecule has 1 aliphatic rings. The van der Waals surface area contributed by atoms with Crippen molar-refractivity contribution in [3.8, 4) is 0 Å². The van der Waals surface area contributed by atoms with E-state index in [1.54, 1.807) is 11.4 Å². The van der Waals surface area contributed by atoms with Gasteiger partial charge in [0.2, 0.25) is 0 Å². The molecule has 0 N–H and O–H groups in total. The van der Waals surface area contributed by atoms with Crippen LogP contribution in [0.1, 0.15) is 26.4 Å². The molecule has 0 spiro atoms. The lowest BCUT2D eigenvalue weighted by atomic mass is 10.1. The summed E-state index contributed by atoms with van der Waals surface area (Å²) in [5.41, 5.74) is 1.41. The molecule has 1 aromatic carbocycles. The number of hydrogen-bond acceptors (Lipinski definition) is 7. The summed E-state index contributed by atoms with van der Waals surface area (Å²) in [6.07, 6.45) is 0. The van der Waals surface area contributed by atoms with Gasteiger partial charge in [-0.1, -0.05) is 24.3 Å². The molecule has 0 bridgehead atoms. The number of carbonyl (C=O) groups excluding carboxylic acids is 2. The van der Waals surface area contributed by atoms with Gasteiger partial charge < -0.3 is 19.1 Å². The first-order chi connectivity index (χ1) is 13.6. The fraction of sp³-hybridized carbons (Fsp3) is 0.350. The van der Waals surface area contributed by atoms with Crippen molar-refractivity contribution in [3.05, 3.63) is 41.1 Å². The summed E-state index contributed by atoms with van der Waals surface area (Å²) in [7, 11) is 2.58. The number of benzene rings is 1. The third-order valence-electron chi connectivity index (χ3n) is 5.09. The lowest BCUT2D eigenvalue weighted by molar-refractivity contribution is 0.0557. The molecule has 0 unspecified atom stereocenters. The SMILES string of the molecule is COC(=O)c1c(C(=O)OC)c2c3ccccc3c(N3CCOCC3)nn2c1C. The summed E-state index contributed by atoms with van der Waals surface area (Å²) in [5.74, 6) is -0.408. The summed E-state index contributed by atoms with van der Waals surface area (Å²) in [5, 5.41) is 6.53. The highest BCUT2D eigenvalue weighted by molar-refractivity contribution is 6.16. The number of fused-ring (bicyclic) bond motifs is 3. The second kappa shape index (κ2) is 7.12. The fourth-order valence-electron chi connectivity index (χ4n) is 3.75. The first-order valence-electron chi connectivity index (χ1n) is 9.01. The predicted molar refractivity (Wildman–Crippen MR) is 103 cm³/mol. The molecule has 1 fully saturated rings. The molecule has 3 aromatic rings. The van der Waals surface area contributed by atoms with Gasteiger partial charge in [-0.05, 0) is 6.92 Å². The Labute approximate surface area is 161 Å². The molecular weight excluding hydrogens is 362 g/mol. The van der Waals surface area contributed by atoms with Gasteiger partial charge in [0.05, 0.1) is 44.2 Å². The van der Waals surface area contributed by atoms with E-state index in [9.17, 15) is 9.59 Å². The van der Waals surface area contributed by atoms with Crippen LogP contribution >= 0.6 is 0 Å². The quantitative estimate of drug-likeness (QED) is 0.641. The van der Waals surface area contributed by atoms with Crippen molar-refractivity contribution in [1.29, 1.82) is 0 Å². The summed E-state index contributed by atoms with van der Waals surface area (Å²) in [6.45, 7) is 4.43. The third-order valence-corrected chi connectivity index (χ3v) is 5.09. The van der Waals surface area contributed by atoms with Crippen molar-refractivity contribution in [2.45, 2.75) is 6.92 Å². The van der Waals surface area contributed by atoms with Crippen LogP contribution in [0.3, 0.4) is 0 Å². The number of anilines is 1. The smallest absolute Gasteiger partial charge is 0.341 e. The van der Waals surface area contributed by atoms with Gasteiger partial charge in [0.25, 0.3) is 0 Å². The molecule has 1 aliphatic heterocycles. The highest BCUT2D eigenvalue weighted by Crippen LogP contribution is 2.34. The Morgan fingerprint density at radius 2 is 1.61 bits per heavy atom. The van der Waals surface area contributed by atoms with Crippen molar-refractivity contribution in [2.75, 3.05) is 45.4 Å². The van der Waals surface area contributed by atoms with E-state index in [0.29, 0.717) is 24.4 Å². The Morgan fingerprint density at radius 1 is 1.00 bits per heavy atom. The number of carbonyl (C=O) groups is 2. The summed E-state index contributed by atoms with van der Waals surface area (Å²) in [6, 6.07) is 7.71. The summed E-state index contributed by atoms with van der Waals surface area (Å²) in [4.78, 5) is 27.2. The average Bonchev–Trinajstić information content (AvgIpc) is 3.05. The van der Waals surface area contributed by atoms with Crippen molar-refractivity contribution in [1.82, 2.24) is 9.61 Å². The number of ether oxygens (including phenoxy) is 3. The number of hydrogen-bond donors (Lipinski definition) is 0. The largest absolute Gasteiger partial charge is 0.465 e. The van der Waals surface area contributed by atoms with Crippen LogP contribution in [0.5, 0.6) is 0 Å². The first-order valence-corrected chi connectivity index (χ1v) is 9.01. The molecule has 0 radical (unpaired) electrons. The van der Waals surface area contributed by atoms with E-state index < -0.39 is 11.9 Å². The zero-order chi connectivity index (χ0) is 19.8. The first kappa shape index (κ1) is 18.2. The molecule has 0 saturated carbocycles.